The molecule has 1 aromatic carbocycles. The monoisotopic (exact) mass is 426 g/mol. The number of hydrogen-bond acceptors (Lipinski definition) is 9. The average Bonchev–Trinajstić information content (AvgIpc) is 3.18. The van der Waals surface area contributed by atoms with E-state index < -0.39 is 24.0 Å². The fraction of sp³-hybridized carbons (Fsp3) is 0.190. The highest BCUT2D eigenvalue weighted by atomic mass is 16.5. The van der Waals surface area contributed by atoms with Gasteiger partial charge in [0.15, 0.2) is 0 Å². The first kappa shape index (κ1) is 22.9. The molecule has 0 bridgehead atoms. The predicted octanol–water partition coefficient (Wildman–Crippen LogP) is 2.50. The van der Waals surface area contributed by atoms with E-state index in [-0.39, 0.29) is 33.5 Å². The van der Waals surface area contributed by atoms with Crippen molar-refractivity contribution in [2.75, 3.05) is 28.4 Å². The highest BCUT2D eigenvalue weighted by molar-refractivity contribution is 6.06. The molecule has 2 rings (SSSR count). The average molecular weight is 426 g/mol. The van der Waals surface area contributed by atoms with Crippen molar-refractivity contribution < 1.29 is 38.1 Å². The number of hydrogen-bond donors (Lipinski definition) is 0. The van der Waals surface area contributed by atoms with Crippen LogP contribution in [0.1, 0.15) is 47.9 Å². The Kier molecular flexibility index (Phi) is 7.30. The van der Waals surface area contributed by atoms with E-state index in [1.807, 2.05) is 6.07 Å². The summed E-state index contributed by atoms with van der Waals surface area (Å²) in [6.07, 6.45) is 2.96. The summed E-state index contributed by atoms with van der Waals surface area (Å²) in [5, 5.41) is 9.54. The number of benzene rings is 1. The zero-order valence-electron chi connectivity index (χ0n) is 17.1. The Morgan fingerprint density at radius 1 is 0.871 bits per heavy atom. The van der Waals surface area contributed by atoms with Gasteiger partial charge in [-0.1, -0.05) is 24.3 Å². The predicted molar refractivity (Wildman–Crippen MR) is 106 cm³/mol. The molecule has 31 heavy (non-hydrogen) atoms. The molecule has 0 aliphatic carbocycles. The number of carbonyl (C=O) groups is 4. The quantitative estimate of drug-likeness (QED) is 0.522. The highest BCUT2D eigenvalue weighted by Gasteiger charge is 2.24. The van der Waals surface area contributed by atoms with Crippen LogP contribution < -0.4 is 0 Å². The molecule has 0 N–H and O–H groups in total. The van der Waals surface area contributed by atoms with Crippen molar-refractivity contribution in [2.24, 2.45) is 0 Å². The second kappa shape index (κ2) is 9.89. The SMILES string of the molecule is COC(=O)c1cn(C(=O)OC)c(C#N)c1/C=C/c1cccc(C(=O)OC)c1C(=O)OC. The van der Waals surface area contributed by atoms with Gasteiger partial charge in [0.1, 0.15) is 11.8 Å². The van der Waals surface area contributed by atoms with E-state index in [1.165, 1.54) is 37.5 Å². The van der Waals surface area contributed by atoms with Crippen LogP contribution in [0, 0.1) is 11.3 Å². The Balaban J connectivity index is 2.73. The molecule has 0 spiro atoms. The molecule has 0 amide bonds. The van der Waals surface area contributed by atoms with Crippen molar-refractivity contribution in [3.8, 4) is 6.07 Å². The smallest absolute Gasteiger partial charge is 0.418 e. The summed E-state index contributed by atoms with van der Waals surface area (Å²) in [6, 6.07) is 6.27. The maximum Gasteiger partial charge on any atom is 0.418 e. The molecular formula is C21H18N2O8. The van der Waals surface area contributed by atoms with Gasteiger partial charge in [0.05, 0.1) is 45.1 Å². The normalized spacial score (nSPS) is 10.3. The number of ether oxygens (including phenoxy) is 4. The van der Waals surface area contributed by atoms with Gasteiger partial charge < -0.3 is 18.9 Å². The van der Waals surface area contributed by atoms with Crippen LogP contribution in [0.5, 0.6) is 0 Å². The van der Waals surface area contributed by atoms with Gasteiger partial charge in [-0.3, -0.25) is 0 Å². The zero-order valence-corrected chi connectivity index (χ0v) is 17.1. The lowest BCUT2D eigenvalue weighted by Crippen LogP contribution is -2.13. The van der Waals surface area contributed by atoms with E-state index in [0.29, 0.717) is 0 Å². The number of rotatable bonds is 5. The van der Waals surface area contributed by atoms with Crippen LogP contribution in [0.2, 0.25) is 0 Å². The Bertz CT molecular complexity index is 1120. The van der Waals surface area contributed by atoms with Crippen LogP contribution in [-0.4, -0.2) is 57.0 Å². The van der Waals surface area contributed by atoms with Crippen molar-refractivity contribution in [1.82, 2.24) is 4.57 Å². The van der Waals surface area contributed by atoms with E-state index in [1.54, 1.807) is 0 Å². The van der Waals surface area contributed by atoms with E-state index in [9.17, 15) is 24.4 Å². The van der Waals surface area contributed by atoms with Crippen LogP contribution in [0.15, 0.2) is 24.4 Å². The van der Waals surface area contributed by atoms with E-state index >= 15 is 0 Å². The lowest BCUT2D eigenvalue weighted by Gasteiger charge is -2.09. The van der Waals surface area contributed by atoms with E-state index in [2.05, 4.69) is 4.74 Å². The van der Waals surface area contributed by atoms with E-state index in [0.717, 1.165) is 32.1 Å². The molecule has 0 saturated carbocycles. The Morgan fingerprint density at radius 3 is 2.03 bits per heavy atom. The zero-order chi connectivity index (χ0) is 23.1. The number of aromatic nitrogens is 1. The van der Waals surface area contributed by atoms with Gasteiger partial charge in [0.2, 0.25) is 0 Å². The Hall–Kier alpha value is -4.39. The highest BCUT2D eigenvalue weighted by Crippen LogP contribution is 2.24. The van der Waals surface area contributed by atoms with Crippen LogP contribution in [0.3, 0.4) is 0 Å². The Morgan fingerprint density at radius 2 is 1.48 bits per heavy atom. The molecule has 0 aliphatic heterocycles. The van der Waals surface area contributed by atoms with Gasteiger partial charge in [0.25, 0.3) is 0 Å². The standard InChI is InChI=1S/C21H18N2O8/c1-28-18(24)14-7-5-6-12(17(14)20(26)30-3)8-9-13-15(19(25)29-2)11-23(16(13)10-22)21(27)31-4/h5-9,11H,1-4H3/b9-8+. The molecular weight excluding hydrogens is 408 g/mol. The van der Waals surface area contributed by atoms with Gasteiger partial charge in [0, 0.05) is 11.8 Å². The van der Waals surface area contributed by atoms with E-state index in [4.69, 9.17) is 14.2 Å². The molecule has 0 unspecified atom stereocenters. The molecule has 10 nitrogen and oxygen atoms in total. The van der Waals surface area contributed by atoms with Gasteiger partial charge in [-0.2, -0.15) is 5.26 Å². The third-order valence-electron chi connectivity index (χ3n) is 4.25. The first-order valence-corrected chi connectivity index (χ1v) is 8.64. The molecule has 1 aromatic heterocycles. The second-order valence-electron chi connectivity index (χ2n) is 5.83. The molecule has 0 atom stereocenters. The molecule has 1 heterocycles. The minimum atomic E-state index is -0.885. The lowest BCUT2D eigenvalue weighted by atomic mass is 9.99. The van der Waals surface area contributed by atoms with Crippen LogP contribution >= 0.6 is 0 Å². The number of nitriles is 1. The Labute approximate surface area is 177 Å². The number of carbonyl (C=O) groups excluding carboxylic acids is 4. The van der Waals surface area contributed by atoms with Gasteiger partial charge in [-0.25, -0.2) is 23.7 Å². The molecule has 160 valence electrons. The molecule has 0 saturated heterocycles. The van der Waals surface area contributed by atoms with Crippen molar-refractivity contribution in [3.05, 3.63) is 57.9 Å². The van der Waals surface area contributed by atoms with Crippen LogP contribution in [0.25, 0.3) is 12.2 Å². The summed E-state index contributed by atoms with van der Waals surface area (Å²) in [5.74, 6) is -2.34. The second-order valence-corrected chi connectivity index (χ2v) is 5.83. The van der Waals surface area contributed by atoms with Gasteiger partial charge >= 0.3 is 24.0 Å². The summed E-state index contributed by atoms with van der Waals surface area (Å²) in [7, 11) is 4.59. The van der Waals surface area contributed by atoms with Crippen molar-refractivity contribution in [3.63, 3.8) is 0 Å². The largest absolute Gasteiger partial charge is 0.465 e. The number of nitrogens with zero attached hydrogens (tertiary/aromatic N) is 2. The minimum absolute atomic E-state index is 0.0303. The topological polar surface area (TPSA) is 134 Å². The molecule has 0 aliphatic rings. The summed E-state index contributed by atoms with van der Waals surface area (Å²) in [4.78, 5) is 48.5. The first-order valence-electron chi connectivity index (χ1n) is 8.64. The molecule has 0 radical (unpaired) electrons. The van der Waals surface area contributed by atoms with Crippen molar-refractivity contribution in [1.29, 1.82) is 5.26 Å². The number of methoxy groups -OCH3 is 4. The minimum Gasteiger partial charge on any atom is -0.465 e. The fourth-order valence-electron chi connectivity index (χ4n) is 2.81. The summed E-state index contributed by atoms with van der Waals surface area (Å²) >= 11 is 0. The third kappa shape index (κ3) is 4.45. The summed E-state index contributed by atoms with van der Waals surface area (Å²) in [5.41, 5.74) is -0.0630. The van der Waals surface area contributed by atoms with Gasteiger partial charge in [-0.05, 0) is 11.6 Å². The number of esters is 3. The van der Waals surface area contributed by atoms with Crippen LogP contribution in [0.4, 0.5) is 4.79 Å². The maximum absolute atomic E-state index is 12.3. The third-order valence-corrected chi connectivity index (χ3v) is 4.25. The maximum atomic E-state index is 12.3. The first-order chi connectivity index (χ1) is 14.8. The molecule has 0 fully saturated rings. The summed E-state index contributed by atoms with van der Waals surface area (Å²) in [6.45, 7) is 0. The summed E-state index contributed by atoms with van der Waals surface area (Å²) < 4.78 is 19.7. The fourth-order valence-corrected chi connectivity index (χ4v) is 2.81. The molecule has 10 heteroatoms. The van der Waals surface area contributed by atoms with Crippen LogP contribution in [-0.2, 0) is 18.9 Å². The van der Waals surface area contributed by atoms with Gasteiger partial charge in [-0.15, -0.1) is 0 Å². The molecule has 2 aromatic rings. The lowest BCUT2D eigenvalue weighted by molar-refractivity contribution is 0.0555. The van der Waals surface area contributed by atoms with Crippen molar-refractivity contribution in [2.45, 2.75) is 0 Å². The van der Waals surface area contributed by atoms with Crippen molar-refractivity contribution >= 4 is 36.2 Å².